The monoisotopic (exact) mass is 412 g/mol. The number of hydrogen-bond donors (Lipinski definition) is 4. The van der Waals surface area contributed by atoms with Crippen LogP contribution in [0, 0.1) is 23.1 Å². The van der Waals surface area contributed by atoms with Crippen molar-refractivity contribution in [3.8, 4) is 6.07 Å². The van der Waals surface area contributed by atoms with Crippen molar-refractivity contribution in [2.24, 2.45) is 5.92 Å². The van der Waals surface area contributed by atoms with Crippen LogP contribution in [0.1, 0.15) is 50.7 Å². The van der Waals surface area contributed by atoms with E-state index in [4.69, 9.17) is 5.11 Å². The molecule has 4 N–H and O–H groups in total. The van der Waals surface area contributed by atoms with Gasteiger partial charge in [-0.05, 0) is 49.3 Å². The van der Waals surface area contributed by atoms with Crippen molar-refractivity contribution in [1.82, 2.24) is 15.3 Å². The SMILES string of the molecule is CC(C)[C@H](Nc1nc(Nc2cncc(C3CC3)c2)c(C#N)cc1F)[C@H](C)NC(=O)O. The zero-order valence-corrected chi connectivity index (χ0v) is 17.1. The van der Waals surface area contributed by atoms with Gasteiger partial charge in [-0.3, -0.25) is 4.98 Å². The van der Waals surface area contributed by atoms with Gasteiger partial charge in [-0.1, -0.05) is 13.8 Å². The van der Waals surface area contributed by atoms with Crippen molar-refractivity contribution in [3.63, 3.8) is 0 Å². The van der Waals surface area contributed by atoms with Gasteiger partial charge in [0.25, 0.3) is 0 Å². The number of amides is 1. The molecule has 0 radical (unpaired) electrons. The highest BCUT2D eigenvalue weighted by molar-refractivity contribution is 5.66. The molecule has 2 aromatic heterocycles. The lowest BCUT2D eigenvalue weighted by atomic mass is 9.97. The number of aromatic nitrogens is 2. The largest absolute Gasteiger partial charge is 0.465 e. The summed E-state index contributed by atoms with van der Waals surface area (Å²) in [5.41, 5.74) is 1.85. The van der Waals surface area contributed by atoms with Crippen molar-refractivity contribution >= 4 is 23.4 Å². The lowest BCUT2D eigenvalue weighted by Crippen LogP contribution is -2.47. The van der Waals surface area contributed by atoms with Crippen molar-refractivity contribution < 1.29 is 14.3 Å². The van der Waals surface area contributed by atoms with Gasteiger partial charge >= 0.3 is 6.09 Å². The van der Waals surface area contributed by atoms with Crippen molar-refractivity contribution in [1.29, 1.82) is 5.26 Å². The van der Waals surface area contributed by atoms with E-state index in [9.17, 15) is 14.4 Å². The first-order chi connectivity index (χ1) is 14.3. The Bertz CT molecular complexity index is 970. The fourth-order valence-electron chi connectivity index (χ4n) is 3.38. The normalized spacial score (nSPS) is 15.2. The van der Waals surface area contributed by atoms with Gasteiger partial charge in [0.1, 0.15) is 6.07 Å². The van der Waals surface area contributed by atoms with Crippen LogP contribution in [0.5, 0.6) is 0 Å². The number of carbonyl (C=O) groups is 1. The Morgan fingerprint density at radius 2 is 2.00 bits per heavy atom. The molecular weight excluding hydrogens is 387 g/mol. The van der Waals surface area contributed by atoms with E-state index in [0.717, 1.165) is 24.5 Å². The molecule has 3 rings (SSSR count). The van der Waals surface area contributed by atoms with Crippen molar-refractivity contribution in [2.75, 3.05) is 10.6 Å². The van der Waals surface area contributed by atoms with Gasteiger partial charge in [-0.25, -0.2) is 14.2 Å². The highest BCUT2D eigenvalue weighted by Crippen LogP contribution is 2.40. The molecule has 0 aliphatic heterocycles. The summed E-state index contributed by atoms with van der Waals surface area (Å²) in [7, 11) is 0. The van der Waals surface area contributed by atoms with Crippen LogP contribution in [0.25, 0.3) is 0 Å². The van der Waals surface area contributed by atoms with Crippen LogP contribution in [-0.2, 0) is 0 Å². The molecule has 9 heteroatoms. The lowest BCUT2D eigenvalue weighted by molar-refractivity contribution is 0.188. The molecule has 0 saturated heterocycles. The van der Waals surface area contributed by atoms with E-state index in [1.54, 1.807) is 13.1 Å². The maximum atomic E-state index is 14.6. The first-order valence-corrected chi connectivity index (χ1v) is 9.87. The van der Waals surface area contributed by atoms with Crippen LogP contribution in [0.2, 0.25) is 0 Å². The number of anilines is 3. The Labute approximate surface area is 174 Å². The zero-order valence-electron chi connectivity index (χ0n) is 17.1. The Morgan fingerprint density at radius 1 is 1.27 bits per heavy atom. The Kier molecular flexibility index (Phi) is 6.35. The number of nitriles is 1. The van der Waals surface area contributed by atoms with E-state index in [2.05, 4.69) is 25.9 Å². The number of carboxylic acid groups (broad SMARTS) is 1. The minimum Gasteiger partial charge on any atom is -0.465 e. The molecule has 0 unspecified atom stereocenters. The average molecular weight is 412 g/mol. The Balaban J connectivity index is 1.88. The zero-order chi connectivity index (χ0) is 21.8. The Hall–Kier alpha value is -3.41. The lowest BCUT2D eigenvalue weighted by Gasteiger charge is -2.29. The second-order valence-electron chi connectivity index (χ2n) is 7.89. The summed E-state index contributed by atoms with van der Waals surface area (Å²) < 4.78 is 14.6. The molecule has 158 valence electrons. The number of pyridine rings is 2. The third-order valence-corrected chi connectivity index (χ3v) is 5.08. The van der Waals surface area contributed by atoms with Crippen LogP contribution >= 0.6 is 0 Å². The van der Waals surface area contributed by atoms with Gasteiger partial charge in [0.15, 0.2) is 17.5 Å². The number of nitrogens with zero attached hydrogens (tertiary/aromatic N) is 3. The molecule has 0 spiro atoms. The molecular formula is C21H25FN6O2. The third-order valence-electron chi connectivity index (χ3n) is 5.08. The molecule has 1 aliphatic rings. The summed E-state index contributed by atoms with van der Waals surface area (Å²) in [5.74, 6) is -0.0317. The van der Waals surface area contributed by atoms with Gasteiger partial charge in [-0.2, -0.15) is 5.26 Å². The van der Waals surface area contributed by atoms with E-state index in [1.807, 2.05) is 32.2 Å². The van der Waals surface area contributed by atoms with Crippen LogP contribution in [0.3, 0.4) is 0 Å². The highest BCUT2D eigenvalue weighted by atomic mass is 19.1. The quantitative estimate of drug-likeness (QED) is 0.512. The van der Waals surface area contributed by atoms with Crippen LogP contribution in [-0.4, -0.2) is 33.3 Å². The van der Waals surface area contributed by atoms with Gasteiger partial charge in [-0.15, -0.1) is 0 Å². The standard InChI is InChI=1S/C21H25FN6O2/c1-11(2)18(12(3)25-21(29)30)27-20-17(22)7-14(8-23)19(28-20)26-16-6-15(9-24-10-16)13-4-5-13/h6-7,9-13,18,25H,4-5H2,1-3H3,(H,29,30)(H2,26,27,28)/t12-,18-/m0/s1. The van der Waals surface area contributed by atoms with Crippen LogP contribution in [0.4, 0.5) is 26.5 Å². The predicted molar refractivity (Wildman–Crippen MR) is 111 cm³/mol. The van der Waals surface area contributed by atoms with Gasteiger partial charge in [0.05, 0.1) is 17.4 Å². The van der Waals surface area contributed by atoms with Crippen molar-refractivity contribution in [2.45, 2.75) is 51.6 Å². The van der Waals surface area contributed by atoms with Crippen LogP contribution in [0.15, 0.2) is 24.5 Å². The van der Waals surface area contributed by atoms with Gasteiger partial charge in [0, 0.05) is 18.3 Å². The van der Waals surface area contributed by atoms with Crippen molar-refractivity contribution in [3.05, 3.63) is 41.5 Å². The summed E-state index contributed by atoms with van der Waals surface area (Å²) in [4.78, 5) is 19.5. The summed E-state index contributed by atoms with van der Waals surface area (Å²) in [6.45, 7) is 5.49. The number of halogens is 1. The van der Waals surface area contributed by atoms with E-state index < -0.39 is 24.0 Å². The first kappa shape index (κ1) is 21.3. The topological polar surface area (TPSA) is 123 Å². The van der Waals surface area contributed by atoms with Gasteiger partial charge < -0.3 is 21.1 Å². The summed E-state index contributed by atoms with van der Waals surface area (Å²) >= 11 is 0. The maximum absolute atomic E-state index is 14.6. The Morgan fingerprint density at radius 3 is 2.60 bits per heavy atom. The number of nitrogens with one attached hydrogen (secondary N) is 3. The van der Waals surface area contributed by atoms with Crippen LogP contribution < -0.4 is 16.0 Å². The summed E-state index contributed by atoms with van der Waals surface area (Å²) in [6.07, 6.45) is 4.56. The van der Waals surface area contributed by atoms with E-state index in [1.165, 1.54) is 0 Å². The maximum Gasteiger partial charge on any atom is 0.404 e. The molecule has 2 atom stereocenters. The second kappa shape index (κ2) is 8.95. The van der Waals surface area contributed by atoms with E-state index in [0.29, 0.717) is 11.6 Å². The second-order valence-corrected chi connectivity index (χ2v) is 7.89. The molecule has 1 amide bonds. The minimum atomic E-state index is -1.16. The molecule has 1 saturated carbocycles. The molecule has 1 fully saturated rings. The molecule has 0 aromatic carbocycles. The summed E-state index contributed by atoms with van der Waals surface area (Å²) in [5, 5.41) is 26.9. The molecule has 30 heavy (non-hydrogen) atoms. The third kappa shape index (κ3) is 5.14. The fourth-order valence-corrected chi connectivity index (χ4v) is 3.38. The molecule has 0 bridgehead atoms. The number of hydrogen-bond acceptors (Lipinski definition) is 6. The number of rotatable bonds is 8. The van der Waals surface area contributed by atoms with E-state index in [-0.39, 0.29) is 23.1 Å². The molecule has 2 aromatic rings. The molecule has 2 heterocycles. The van der Waals surface area contributed by atoms with Gasteiger partial charge in [0.2, 0.25) is 0 Å². The minimum absolute atomic E-state index is 0.0143. The predicted octanol–water partition coefficient (Wildman–Crippen LogP) is 4.20. The highest BCUT2D eigenvalue weighted by Gasteiger charge is 2.26. The summed E-state index contributed by atoms with van der Waals surface area (Å²) in [6, 6.07) is 4.12. The van der Waals surface area contributed by atoms with E-state index >= 15 is 0 Å². The molecule has 8 nitrogen and oxygen atoms in total. The smallest absolute Gasteiger partial charge is 0.404 e. The fraction of sp³-hybridized carbons (Fsp3) is 0.429. The molecule has 1 aliphatic carbocycles. The average Bonchev–Trinajstić information content (AvgIpc) is 3.52. The first-order valence-electron chi connectivity index (χ1n) is 9.87.